The average Bonchev–Trinajstić information content (AvgIpc) is 2.18. The first-order chi connectivity index (χ1) is 6.67. The molecule has 0 saturated carbocycles. The summed E-state index contributed by atoms with van der Waals surface area (Å²) in [5.74, 6) is 0.498. The lowest BCUT2D eigenvalue weighted by molar-refractivity contribution is -0.114. The van der Waals surface area contributed by atoms with Crippen LogP contribution in [-0.2, 0) is 4.79 Å². The van der Waals surface area contributed by atoms with Gasteiger partial charge in [-0.1, -0.05) is 0 Å². The van der Waals surface area contributed by atoms with Crippen LogP contribution in [0, 0.1) is 0 Å². The molecule has 0 aromatic heterocycles. The van der Waals surface area contributed by atoms with E-state index in [-0.39, 0.29) is 12.5 Å². The van der Waals surface area contributed by atoms with Crippen molar-refractivity contribution < 1.29 is 9.53 Å². The topological polar surface area (TPSA) is 64.3 Å². The van der Waals surface area contributed by atoms with Crippen molar-refractivity contribution in [1.82, 2.24) is 0 Å². The van der Waals surface area contributed by atoms with E-state index < -0.39 is 0 Å². The third-order valence-corrected chi connectivity index (χ3v) is 2.24. The average molecular weight is 259 g/mol. The van der Waals surface area contributed by atoms with Gasteiger partial charge >= 0.3 is 0 Å². The number of amides is 1. The summed E-state index contributed by atoms with van der Waals surface area (Å²) in [6.07, 6.45) is 0. The van der Waals surface area contributed by atoms with E-state index in [0.717, 1.165) is 10.2 Å². The summed E-state index contributed by atoms with van der Waals surface area (Å²) < 4.78 is 5.83. The highest BCUT2D eigenvalue weighted by atomic mass is 79.9. The second-order valence-electron chi connectivity index (χ2n) is 2.60. The molecule has 0 radical (unpaired) electrons. The Morgan fingerprint density at radius 3 is 2.86 bits per heavy atom. The van der Waals surface area contributed by atoms with Gasteiger partial charge in [-0.15, -0.1) is 0 Å². The Hall–Kier alpha value is -1.07. The van der Waals surface area contributed by atoms with E-state index in [1.807, 2.05) is 0 Å². The van der Waals surface area contributed by atoms with Crippen LogP contribution in [0.2, 0.25) is 0 Å². The number of anilines is 1. The number of hydrogen-bond acceptors (Lipinski definition) is 3. The predicted octanol–water partition coefficient (Wildman–Crippen LogP) is 1.35. The number of nitrogens with one attached hydrogen (secondary N) is 1. The van der Waals surface area contributed by atoms with Gasteiger partial charge < -0.3 is 15.8 Å². The molecule has 1 aromatic carbocycles. The van der Waals surface area contributed by atoms with Gasteiger partial charge in [-0.2, -0.15) is 0 Å². The molecule has 3 N–H and O–H groups in total. The zero-order chi connectivity index (χ0) is 10.6. The van der Waals surface area contributed by atoms with Crippen LogP contribution in [0.1, 0.15) is 0 Å². The van der Waals surface area contributed by atoms with Gasteiger partial charge in [0.15, 0.2) is 0 Å². The molecule has 0 aliphatic rings. The monoisotopic (exact) mass is 258 g/mol. The van der Waals surface area contributed by atoms with Gasteiger partial charge in [-0.25, -0.2) is 0 Å². The minimum atomic E-state index is -0.220. The van der Waals surface area contributed by atoms with E-state index in [1.54, 1.807) is 25.3 Å². The zero-order valence-electron chi connectivity index (χ0n) is 7.71. The van der Waals surface area contributed by atoms with Crippen molar-refractivity contribution in [2.75, 3.05) is 19.0 Å². The summed E-state index contributed by atoms with van der Waals surface area (Å²) in [4.78, 5) is 11.0. The van der Waals surface area contributed by atoms with Gasteiger partial charge in [0, 0.05) is 5.69 Å². The van der Waals surface area contributed by atoms with Crippen LogP contribution >= 0.6 is 15.9 Å². The number of rotatable bonds is 3. The van der Waals surface area contributed by atoms with Crippen molar-refractivity contribution in [3.63, 3.8) is 0 Å². The SMILES string of the molecule is COc1ccc(NC(=O)CN)cc1Br. The highest BCUT2D eigenvalue weighted by molar-refractivity contribution is 9.10. The lowest BCUT2D eigenvalue weighted by Crippen LogP contribution is -2.21. The summed E-state index contributed by atoms with van der Waals surface area (Å²) in [5, 5.41) is 2.63. The summed E-state index contributed by atoms with van der Waals surface area (Å²) in [6, 6.07) is 5.26. The van der Waals surface area contributed by atoms with Gasteiger partial charge in [0.25, 0.3) is 0 Å². The Morgan fingerprint density at radius 1 is 1.64 bits per heavy atom. The number of benzene rings is 1. The molecule has 1 rings (SSSR count). The van der Waals surface area contributed by atoms with Gasteiger partial charge in [-0.05, 0) is 34.1 Å². The van der Waals surface area contributed by atoms with Crippen LogP contribution < -0.4 is 15.8 Å². The first-order valence-electron chi connectivity index (χ1n) is 4.01. The number of carbonyl (C=O) groups excluding carboxylic acids is 1. The van der Waals surface area contributed by atoms with Crippen LogP contribution in [-0.4, -0.2) is 19.6 Å². The van der Waals surface area contributed by atoms with Crippen molar-refractivity contribution in [2.24, 2.45) is 5.73 Å². The normalized spacial score (nSPS) is 9.64. The highest BCUT2D eigenvalue weighted by Gasteiger charge is 2.03. The third-order valence-electron chi connectivity index (χ3n) is 1.62. The molecule has 5 heteroatoms. The Bertz CT molecular complexity index is 342. The number of methoxy groups -OCH3 is 1. The molecule has 76 valence electrons. The second-order valence-corrected chi connectivity index (χ2v) is 3.46. The maximum absolute atomic E-state index is 11.0. The molecule has 0 spiro atoms. The molecule has 0 heterocycles. The van der Waals surface area contributed by atoms with Crippen LogP contribution in [0.5, 0.6) is 5.75 Å². The number of nitrogens with two attached hydrogens (primary N) is 1. The summed E-state index contributed by atoms with van der Waals surface area (Å²) in [5.41, 5.74) is 5.85. The fourth-order valence-electron chi connectivity index (χ4n) is 0.956. The molecular weight excluding hydrogens is 248 g/mol. The molecular formula is C9H11BrN2O2. The molecule has 4 nitrogen and oxygen atoms in total. The van der Waals surface area contributed by atoms with Crippen molar-refractivity contribution in [2.45, 2.75) is 0 Å². The van der Waals surface area contributed by atoms with Gasteiger partial charge in [0.2, 0.25) is 5.91 Å². The highest BCUT2D eigenvalue weighted by Crippen LogP contribution is 2.27. The number of hydrogen-bond donors (Lipinski definition) is 2. The molecule has 1 aromatic rings. The molecule has 1 amide bonds. The van der Waals surface area contributed by atoms with E-state index in [1.165, 1.54) is 0 Å². The van der Waals surface area contributed by atoms with Gasteiger partial charge in [-0.3, -0.25) is 4.79 Å². The molecule has 0 atom stereocenters. The fourth-order valence-corrected chi connectivity index (χ4v) is 1.50. The quantitative estimate of drug-likeness (QED) is 0.861. The number of halogens is 1. The maximum atomic E-state index is 11.0. The second kappa shape index (κ2) is 4.97. The van der Waals surface area contributed by atoms with Gasteiger partial charge in [0.1, 0.15) is 5.75 Å². The van der Waals surface area contributed by atoms with Crippen molar-refractivity contribution in [3.8, 4) is 5.75 Å². The standard InChI is InChI=1S/C9H11BrN2O2/c1-14-8-3-2-6(4-7(8)10)12-9(13)5-11/h2-4H,5,11H2,1H3,(H,12,13). The molecule has 0 saturated heterocycles. The molecule has 0 aliphatic heterocycles. The van der Waals surface area contributed by atoms with Crippen molar-refractivity contribution >= 4 is 27.5 Å². The Labute approximate surface area is 90.6 Å². The van der Waals surface area contributed by atoms with E-state index in [9.17, 15) is 4.79 Å². The zero-order valence-corrected chi connectivity index (χ0v) is 9.30. The lowest BCUT2D eigenvalue weighted by atomic mass is 10.3. The fraction of sp³-hybridized carbons (Fsp3) is 0.222. The van der Waals surface area contributed by atoms with Crippen LogP contribution in [0.4, 0.5) is 5.69 Å². The number of ether oxygens (including phenoxy) is 1. The Morgan fingerprint density at radius 2 is 2.36 bits per heavy atom. The summed E-state index contributed by atoms with van der Waals surface area (Å²) in [7, 11) is 1.58. The lowest BCUT2D eigenvalue weighted by Gasteiger charge is -2.06. The van der Waals surface area contributed by atoms with E-state index in [4.69, 9.17) is 10.5 Å². The first kappa shape index (κ1) is 11.0. The van der Waals surface area contributed by atoms with E-state index >= 15 is 0 Å². The third kappa shape index (κ3) is 2.71. The molecule has 0 aliphatic carbocycles. The number of carbonyl (C=O) groups is 1. The van der Waals surface area contributed by atoms with E-state index in [0.29, 0.717) is 5.69 Å². The minimum absolute atomic E-state index is 0.0242. The first-order valence-corrected chi connectivity index (χ1v) is 4.80. The van der Waals surface area contributed by atoms with Crippen LogP contribution in [0.15, 0.2) is 22.7 Å². The van der Waals surface area contributed by atoms with Crippen LogP contribution in [0.3, 0.4) is 0 Å². The van der Waals surface area contributed by atoms with E-state index in [2.05, 4.69) is 21.2 Å². The Kier molecular flexibility index (Phi) is 3.91. The van der Waals surface area contributed by atoms with Crippen LogP contribution in [0.25, 0.3) is 0 Å². The molecule has 0 bridgehead atoms. The molecule has 0 unspecified atom stereocenters. The Balaban J connectivity index is 2.81. The molecule has 14 heavy (non-hydrogen) atoms. The van der Waals surface area contributed by atoms with Crippen molar-refractivity contribution in [1.29, 1.82) is 0 Å². The van der Waals surface area contributed by atoms with Gasteiger partial charge in [0.05, 0.1) is 18.1 Å². The molecule has 0 fully saturated rings. The van der Waals surface area contributed by atoms with Crippen molar-refractivity contribution in [3.05, 3.63) is 22.7 Å². The maximum Gasteiger partial charge on any atom is 0.238 e. The minimum Gasteiger partial charge on any atom is -0.496 e. The summed E-state index contributed by atoms with van der Waals surface area (Å²) >= 11 is 3.31. The summed E-state index contributed by atoms with van der Waals surface area (Å²) in [6.45, 7) is -0.0242. The predicted molar refractivity (Wildman–Crippen MR) is 58.4 cm³/mol. The smallest absolute Gasteiger partial charge is 0.238 e. The largest absolute Gasteiger partial charge is 0.496 e.